The lowest BCUT2D eigenvalue weighted by Crippen LogP contribution is -2.29. The van der Waals surface area contributed by atoms with E-state index in [9.17, 15) is 4.79 Å². The van der Waals surface area contributed by atoms with Gasteiger partial charge < -0.3 is 19.7 Å². The van der Waals surface area contributed by atoms with Crippen molar-refractivity contribution < 1.29 is 14.3 Å². The number of rotatable bonds is 10. The second kappa shape index (κ2) is 11.7. The van der Waals surface area contributed by atoms with E-state index in [4.69, 9.17) is 9.47 Å². The van der Waals surface area contributed by atoms with Crippen LogP contribution in [0, 0.1) is 0 Å². The molecule has 0 unspecified atom stereocenters. The molecule has 2 heterocycles. The van der Waals surface area contributed by atoms with Gasteiger partial charge in [0.2, 0.25) is 0 Å². The third kappa shape index (κ3) is 8.11. The third-order valence-electron chi connectivity index (χ3n) is 5.52. The van der Waals surface area contributed by atoms with E-state index in [-0.39, 0.29) is 12.2 Å². The van der Waals surface area contributed by atoms with Crippen molar-refractivity contribution in [3.8, 4) is 5.75 Å². The topological polar surface area (TPSA) is 50.8 Å². The van der Waals surface area contributed by atoms with Gasteiger partial charge in [-0.2, -0.15) is 0 Å². The van der Waals surface area contributed by atoms with Crippen molar-refractivity contribution in [3.63, 3.8) is 0 Å². The normalized spacial score (nSPS) is 15.7. The van der Waals surface area contributed by atoms with E-state index < -0.39 is 8.07 Å². The second-order valence-corrected chi connectivity index (χ2v) is 16.2. The number of carbonyl (C=O) groups is 1. The van der Waals surface area contributed by atoms with Gasteiger partial charge in [-0.3, -0.25) is 0 Å². The first-order valence-corrected chi connectivity index (χ1v) is 16.0. The van der Waals surface area contributed by atoms with Crippen LogP contribution < -0.4 is 10.1 Å². The van der Waals surface area contributed by atoms with Crippen LogP contribution >= 0.6 is 11.3 Å². The quantitative estimate of drug-likeness (QED) is 0.428. The molecule has 5 nitrogen and oxygen atoms in total. The smallest absolute Gasteiger partial charge is 0.407 e. The van der Waals surface area contributed by atoms with Crippen molar-refractivity contribution in [2.75, 3.05) is 33.3 Å². The molecule has 1 aromatic carbocycles. The number of hydrogen-bond acceptors (Lipinski definition) is 5. The molecular weight excluding hydrogens is 436 g/mol. The summed E-state index contributed by atoms with van der Waals surface area (Å²) < 4.78 is 11.7. The van der Waals surface area contributed by atoms with Crippen molar-refractivity contribution in [1.29, 1.82) is 0 Å². The minimum absolute atomic E-state index is 0.112. The van der Waals surface area contributed by atoms with E-state index in [0.717, 1.165) is 36.2 Å². The molecule has 2 aromatic rings. The summed E-state index contributed by atoms with van der Waals surface area (Å²) in [7, 11) is 0.944. The standard InChI is InChI=1S/C25H36N2O3SSi/c1-27-14-11-20(12-15-27)21-7-5-8-22(19-21)30-23(24-9-6-17-31-24)10-13-26-25(28)29-16-18-32(2,3)4/h5-9,11,17,19,23H,10,12-16,18H2,1-4H3,(H,26,28)/t23-/m1/s1. The van der Waals surface area contributed by atoms with Crippen LogP contribution in [0.25, 0.3) is 5.57 Å². The first-order chi connectivity index (χ1) is 15.3. The van der Waals surface area contributed by atoms with Crippen molar-refractivity contribution in [1.82, 2.24) is 10.2 Å². The number of nitrogens with zero attached hydrogens (tertiary/aromatic N) is 1. The minimum Gasteiger partial charge on any atom is -0.485 e. The van der Waals surface area contributed by atoms with Crippen LogP contribution in [0.4, 0.5) is 4.79 Å². The van der Waals surface area contributed by atoms with E-state index in [1.54, 1.807) is 11.3 Å². The number of thiophene rings is 1. The van der Waals surface area contributed by atoms with Crippen LogP contribution in [0.5, 0.6) is 5.75 Å². The van der Waals surface area contributed by atoms with E-state index >= 15 is 0 Å². The fraction of sp³-hybridized carbons (Fsp3) is 0.480. The molecule has 0 radical (unpaired) electrons. The SMILES string of the molecule is CN1CC=C(c2cccc(O[C@H](CCNC(=O)OCC[Si](C)(C)C)c3cccs3)c2)CC1. The second-order valence-electron chi connectivity index (χ2n) is 9.55. The van der Waals surface area contributed by atoms with Gasteiger partial charge in [0.1, 0.15) is 11.9 Å². The van der Waals surface area contributed by atoms with Crippen LogP contribution in [0.1, 0.15) is 29.4 Å². The predicted molar refractivity (Wildman–Crippen MR) is 136 cm³/mol. The predicted octanol–water partition coefficient (Wildman–Crippen LogP) is 6.04. The van der Waals surface area contributed by atoms with Gasteiger partial charge >= 0.3 is 6.09 Å². The molecule has 0 fully saturated rings. The van der Waals surface area contributed by atoms with Crippen molar-refractivity contribution in [3.05, 3.63) is 58.3 Å². The minimum atomic E-state index is -1.20. The summed E-state index contributed by atoms with van der Waals surface area (Å²) in [6.45, 7) is 9.88. The first kappa shape index (κ1) is 24.5. The Morgan fingerprint density at radius 3 is 2.78 bits per heavy atom. The highest BCUT2D eigenvalue weighted by Gasteiger charge is 2.18. The van der Waals surface area contributed by atoms with Gasteiger partial charge in [0.15, 0.2) is 0 Å². The largest absolute Gasteiger partial charge is 0.485 e. The highest BCUT2D eigenvalue weighted by molar-refractivity contribution is 7.10. The average molecular weight is 473 g/mol. The molecule has 0 spiro atoms. The van der Waals surface area contributed by atoms with E-state index in [0.29, 0.717) is 19.6 Å². The number of benzene rings is 1. The van der Waals surface area contributed by atoms with E-state index in [1.807, 2.05) is 12.1 Å². The Morgan fingerprint density at radius 2 is 2.09 bits per heavy atom. The summed E-state index contributed by atoms with van der Waals surface area (Å²) in [5.74, 6) is 0.860. The summed E-state index contributed by atoms with van der Waals surface area (Å²) in [6.07, 6.45) is 3.58. The Labute approximate surface area is 197 Å². The Morgan fingerprint density at radius 1 is 1.25 bits per heavy atom. The van der Waals surface area contributed by atoms with Gasteiger partial charge in [-0.15, -0.1) is 11.3 Å². The zero-order valence-electron chi connectivity index (χ0n) is 19.7. The van der Waals surface area contributed by atoms with Crippen molar-refractivity contribution in [2.24, 2.45) is 0 Å². The van der Waals surface area contributed by atoms with Gasteiger partial charge in [-0.25, -0.2) is 4.79 Å². The Hall–Kier alpha value is -2.09. The molecule has 0 saturated heterocycles. The van der Waals surface area contributed by atoms with Gasteiger partial charge in [-0.05, 0) is 54.2 Å². The molecule has 1 N–H and O–H groups in total. The maximum atomic E-state index is 12.0. The molecule has 0 bridgehead atoms. The highest BCUT2D eigenvalue weighted by Crippen LogP contribution is 2.30. The van der Waals surface area contributed by atoms with Crippen LogP contribution in [-0.2, 0) is 4.74 Å². The van der Waals surface area contributed by atoms with Crippen LogP contribution in [-0.4, -0.2) is 52.4 Å². The number of amides is 1. The van der Waals surface area contributed by atoms with Gasteiger partial charge in [0.05, 0.1) is 6.61 Å². The van der Waals surface area contributed by atoms with Crippen LogP contribution in [0.2, 0.25) is 25.7 Å². The molecular formula is C25H36N2O3SSi. The number of hydrogen-bond donors (Lipinski definition) is 1. The number of alkyl carbamates (subject to hydrolysis) is 1. The Bertz CT molecular complexity index is 893. The lowest BCUT2D eigenvalue weighted by Gasteiger charge is -2.23. The van der Waals surface area contributed by atoms with Gasteiger partial charge in [0, 0.05) is 39.0 Å². The fourth-order valence-electron chi connectivity index (χ4n) is 3.51. The maximum absolute atomic E-state index is 12.0. The lowest BCUT2D eigenvalue weighted by molar-refractivity contribution is 0.148. The van der Waals surface area contributed by atoms with E-state index in [1.165, 1.54) is 11.1 Å². The van der Waals surface area contributed by atoms with E-state index in [2.05, 4.69) is 72.6 Å². The van der Waals surface area contributed by atoms with Gasteiger partial charge in [-0.1, -0.05) is 43.9 Å². The molecule has 32 heavy (non-hydrogen) atoms. The molecule has 1 aliphatic rings. The Kier molecular flexibility index (Phi) is 8.96. The molecule has 174 valence electrons. The fourth-order valence-corrected chi connectivity index (χ4v) is 5.01. The average Bonchev–Trinajstić information content (AvgIpc) is 3.28. The van der Waals surface area contributed by atoms with Crippen molar-refractivity contribution in [2.45, 2.75) is 44.6 Å². The molecule has 3 rings (SSSR count). The van der Waals surface area contributed by atoms with Crippen LogP contribution in [0.15, 0.2) is 47.9 Å². The summed E-state index contributed by atoms with van der Waals surface area (Å²) >= 11 is 1.68. The zero-order valence-corrected chi connectivity index (χ0v) is 21.5. The maximum Gasteiger partial charge on any atom is 0.407 e. The van der Waals surface area contributed by atoms with Crippen LogP contribution in [0.3, 0.4) is 0 Å². The lowest BCUT2D eigenvalue weighted by atomic mass is 9.99. The molecule has 1 amide bonds. The number of nitrogens with one attached hydrogen (secondary N) is 1. The Balaban J connectivity index is 1.57. The highest BCUT2D eigenvalue weighted by atomic mass is 32.1. The summed E-state index contributed by atoms with van der Waals surface area (Å²) in [5, 5.41) is 4.94. The molecule has 1 aliphatic heterocycles. The molecule has 0 aliphatic carbocycles. The monoisotopic (exact) mass is 472 g/mol. The molecule has 1 aromatic heterocycles. The summed E-state index contributed by atoms with van der Waals surface area (Å²) in [6, 6.07) is 13.5. The molecule has 0 saturated carbocycles. The molecule has 7 heteroatoms. The van der Waals surface area contributed by atoms with Crippen molar-refractivity contribution >= 4 is 31.1 Å². The van der Waals surface area contributed by atoms with Gasteiger partial charge in [0.25, 0.3) is 0 Å². The summed E-state index contributed by atoms with van der Waals surface area (Å²) in [5.41, 5.74) is 2.61. The first-order valence-electron chi connectivity index (χ1n) is 11.4. The number of ether oxygens (including phenoxy) is 2. The third-order valence-corrected chi connectivity index (χ3v) is 8.19. The summed E-state index contributed by atoms with van der Waals surface area (Å²) in [4.78, 5) is 15.5. The zero-order chi connectivity index (χ0) is 23.0. The number of likely N-dealkylation sites (N-methyl/N-ethyl adjacent to an activating group) is 1. The number of carbonyl (C=O) groups excluding carboxylic acids is 1. The molecule has 1 atom stereocenters.